The molecule has 1 fully saturated rings. The number of aromatic nitrogens is 1. The van der Waals surface area contributed by atoms with Gasteiger partial charge in [0.2, 0.25) is 0 Å². The predicted molar refractivity (Wildman–Crippen MR) is 139 cm³/mol. The number of nitrogens with zero attached hydrogens (tertiary/aromatic N) is 2. The number of aliphatic hydroxyl groups excluding tert-OH is 1. The van der Waals surface area contributed by atoms with Crippen molar-refractivity contribution < 1.29 is 24.1 Å². The summed E-state index contributed by atoms with van der Waals surface area (Å²) in [6.45, 7) is 1.92. The van der Waals surface area contributed by atoms with E-state index >= 15 is 0 Å². The number of thiophene rings is 1. The van der Waals surface area contributed by atoms with Crippen molar-refractivity contribution in [3.63, 3.8) is 0 Å². The van der Waals surface area contributed by atoms with Crippen LogP contribution in [-0.2, 0) is 4.79 Å². The molecule has 0 radical (unpaired) electrons. The molecule has 4 rings (SSSR count). The van der Waals surface area contributed by atoms with Crippen molar-refractivity contribution in [2.75, 3.05) is 26.7 Å². The van der Waals surface area contributed by atoms with E-state index in [2.05, 4.69) is 21.7 Å². The Morgan fingerprint density at radius 1 is 1.39 bits per heavy atom. The normalized spacial score (nSPS) is 19.0. The van der Waals surface area contributed by atoms with E-state index in [0.717, 1.165) is 23.9 Å². The van der Waals surface area contributed by atoms with E-state index in [0.29, 0.717) is 47.1 Å². The van der Waals surface area contributed by atoms with Gasteiger partial charge in [0, 0.05) is 41.6 Å². The molecular formula is C27H28ClFN2O4S. The van der Waals surface area contributed by atoms with Crippen LogP contribution in [0.4, 0.5) is 4.39 Å². The Bertz CT molecular complexity index is 1290. The Hall–Kier alpha value is -2.70. The zero-order chi connectivity index (χ0) is 25.7. The second-order valence-electron chi connectivity index (χ2n) is 9.07. The number of carboxylic acids is 1. The predicted octanol–water partition coefficient (Wildman–Crippen LogP) is 5.38. The van der Waals surface area contributed by atoms with Crippen molar-refractivity contribution in [2.45, 2.75) is 31.8 Å². The number of aliphatic carboxylic acids is 1. The number of pyridine rings is 1. The van der Waals surface area contributed by atoms with Gasteiger partial charge in [-0.2, -0.15) is 0 Å². The highest BCUT2D eigenvalue weighted by Gasteiger charge is 2.31. The van der Waals surface area contributed by atoms with Crippen LogP contribution in [0.2, 0.25) is 5.02 Å². The molecular weight excluding hydrogens is 503 g/mol. The number of likely N-dealkylation sites (tertiary alicyclic amines) is 1. The van der Waals surface area contributed by atoms with E-state index in [1.807, 2.05) is 18.2 Å². The average Bonchev–Trinajstić information content (AvgIpc) is 3.27. The second-order valence-corrected chi connectivity index (χ2v) is 10.4. The standard InChI is InChI=1S/C27H28ClFN2O4S/c1-35-20-5-6-24-22(13-20)27(23(28)14-30-24)25(32)7-4-17-8-10-31(15-18(17)11-26(33)34)9-2-3-21-12-19(29)16-36-21/h5-6,12-14,16-18,25,32H,4,7-11,15H2,1H3,(H,33,34). The summed E-state index contributed by atoms with van der Waals surface area (Å²) in [4.78, 5) is 18.7. The number of methoxy groups -OCH3 is 1. The highest BCUT2D eigenvalue weighted by atomic mass is 35.5. The van der Waals surface area contributed by atoms with E-state index < -0.39 is 12.1 Å². The molecule has 190 valence electrons. The molecule has 3 atom stereocenters. The van der Waals surface area contributed by atoms with Gasteiger partial charge in [-0.25, -0.2) is 4.39 Å². The molecule has 0 bridgehead atoms. The number of rotatable bonds is 8. The van der Waals surface area contributed by atoms with Crippen LogP contribution in [0.3, 0.4) is 0 Å². The SMILES string of the molecule is COc1ccc2ncc(Cl)c(C(O)CCC3CCN(CC#Cc4cc(F)cs4)CC3CC(=O)O)c2c1. The van der Waals surface area contributed by atoms with Gasteiger partial charge in [-0.1, -0.05) is 23.4 Å². The summed E-state index contributed by atoms with van der Waals surface area (Å²) in [6.07, 6.45) is 2.76. The Kier molecular flexibility index (Phi) is 8.81. The lowest BCUT2D eigenvalue weighted by molar-refractivity contribution is -0.139. The van der Waals surface area contributed by atoms with E-state index in [1.54, 1.807) is 13.3 Å². The van der Waals surface area contributed by atoms with E-state index in [-0.39, 0.29) is 24.1 Å². The molecule has 9 heteroatoms. The number of carbonyl (C=O) groups is 1. The van der Waals surface area contributed by atoms with Crippen LogP contribution in [0, 0.1) is 29.5 Å². The van der Waals surface area contributed by atoms with Crippen LogP contribution >= 0.6 is 22.9 Å². The number of fused-ring (bicyclic) bond motifs is 1. The molecule has 2 aromatic heterocycles. The lowest BCUT2D eigenvalue weighted by Gasteiger charge is -2.37. The Labute approximate surface area is 218 Å². The number of ether oxygens (including phenoxy) is 1. The van der Waals surface area contributed by atoms with Crippen molar-refractivity contribution >= 4 is 39.8 Å². The fourth-order valence-corrected chi connectivity index (χ4v) is 5.80. The molecule has 3 unspecified atom stereocenters. The third kappa shape index (κ3) is 6.54. The second kappa shape index (κ2) is 12.0. The summed E-state index contributed by atoms with van der Waals surface area (Å²) in [7, 11) is 1.58. The molecule has 1 saturated heterocycles. The quantitative estimate of drug-likeness (QED) is 0.381. The summed E-state index contributed by atoms with van der Waals surface area (Å²) in [5.74, 6) is 5.71. The van der Waals surface area contributed by atoms with Crippen molar-refractivity contribution in [3.05, 3.63) is 57.1 Å². The number of hydrogen-bond donors (Lipinski definition) is 2. The van der Waals surface area contributed by atoms with Gasteiger partial charge in [0.25, 0.3) is 0 Å². The molecule has 1 aromatic carbocycles. The number of carboxylic acid groups (broad SMARTS) is 1. The number of piperidine rings is 1. The van der Waals surface area contributed by atoms with Gasteiger partial charge in [0.1, 0.15) is 11.6 Å². The topological polar surface area (TPSA) is 82.9 Å². The first-order valence-corrected chi connectivity index (χ1v) is 13.1. The van der Waals surface area contributed by atoms with Gasteiger partial charge in [-0.05, 0) is 55.8 Å². The summed E-state index contributed by atoms with van der Waals surface area (Å²) in [5, 5.41) is 23.2. The largest absolute Gasteiger partial charge is 0.497 e. The van der Waals surface area contributed by atoms with Gasteiger partial charge < -0.3 is 14.9 Å². The van der Waals surface area contributed by atoms with Crippen molar-refractivity contribution in [2.24, 2.45) is 11.8 Å². The van der Waals surface area contributed by atoms with Crippen LogP contribution in [-0.4, -0.2) is 52.8 Å². The minimum Gasteiger partial charge on any atom is -0.497 e. The summed E-state index contributed by atoms with van der Waals surface area (Å²) >= 11 is 7.71. The molecule has 1 aliphatic heterocycles. The molecule has 3 heterocycles. The maximum absolute atomic E-state index is 13.1. The molecule has 36 heavy (non-hydrogen) atoms. The summed E-state index contributed by atoms with van der Waals surface area (Å²) < 4.78 is 18.5. The molecule has 2 N–H and O–H groups in total. The fourth-order valence-electron chi connectivity index (χ4n) is 4.90. The van der Waals surface area contributed by atoms with E-state index in [1.165, 1.54) is 22.8 Å². The van der Waals surface area contributed by atoms with Gasteiger partial charge in [0.15, 0.2) is 0 Å². The Morgan fingerprint density at radius 3 is 2.94 bits per heavy atom. The van der Waals surface area contributed by atoms with Crippen LogP contribution < -0.4 is 4.74 Å². The fraction of sp³-hybridized carbons (Fsp3) is 0.407. The first-order chi connectivity index (χ1) is 17.3. The lowest BCUT2D eigenvalue weighted by Crippen LogP contribution is -2.41. The van der Waals surface area contributed by atoms with Crippen LogP contribution in [0.5, 0.6) is 5.75 Å². The van der Waals surface area contributed by atoms with Gasteiger partial charge in [0.05, 0.1) is 35.2 Å². The molecule has 0 amide bonds. The number of aliphatic hydroxyl groups is 1. The first kappa shape index (κ1) is 26.4. The van der Waals surface area contributed by atoms with Crippen LogP contribution in [0.25, 0.3) is 10.9 Å². The smallest absolute Gasteiger partial charge is 0.303 e. The zero-order valence-corrected chi connectivity index (χ0v) is 21.5. The van der Waals surface area contributed by atoms with Crippen LogP contribution in [0.1, 0.15) is 42.2 Å². The van der Waals surface area contributed by atoms with E-state index in [4.69, 9.17) is 16.3 Å². The molecule has 3 aromatic rings. The van der Waals surface area contributed by atoms with Gasteiger partial charge >= 0.3 is 5.97 Å². The zero-order valence-electron chi connectivity index (χ0n) is 19.9. The molecule has 1 aliphatic rings. The highest BCUT2D eigenvalue weighted by Crippen LogP contribution is 2.37. The lowest BCUT2D eigenvalue weighted by atomic mass is 9.79. The van der Waals surface area contributed by atoms with Crippen LogP contribution in [0.15, 0.2) is 35.8 Å². The minimum atomic E-state index is -0.831. The van der Waals surface area contributed by atoms with Crippen molar-refractivity contribution in [3.8, 4) is 17.6 Å². The average molecular weight is 531 g/mol. The molecule has 0 spiro atoms. The Morgan fingerprint density at radius 2 is 2.22 bits per heavy atom. The highest BCUT2D eigenvalue weighted by molar-refractivity contribution is 7.10. The maximum atomic E-state index is 13.1. The van der Waals surface area contributed by atoms with Crippen molar-refractivity contribution in [1.82, 2.24) is 9.88 Å². The monoisotopic (exact) mass is 530 g/mol. The number of benzene rings is 1. The molecule has 0 saturated carbocycles. The third-order valence-electron chi connectivity index (χ3n) is 6.71. The van der Waals surface area contributed by atoms with Gasteiger partial charge in [-0.15, -0.1) is 11.3 Å². The van der Waals surface area contributed by atoms with Gasteiger partial charge in [-0.3, -0.25) is 14.7 Å². The summed E-state index contributed by atoms with van der Waals surface area (Å²) in [6, 6.07) is 6.88. The third-order valence-corrected chi connectivity index (χ3v) is 7.82. The molecule has 6 nitrogen and oxygen atoms in total. The number of halogens is 2. The van der Waals surface area contributed by atoms with Crippen molar-refractivity contribution in [1.29, 1.82) is 0 Å². The number of hydrogen-bond acceptors (Lipinski definition) is 6. The summed E-state index contributed by atoms with van der Waals surface area (Å²) in [5.41, 5.74) is 1.34. The Balaban J connectivity index is 1.42. The maximum Gasteiger partial charge on any atom is 0.303 e. The molecule has 0 aliphatic carbocycles. The van der Waals surface area contributed by atoms with E-state index in [9.17, 15) is 19.4 Å². The minimum absolute atomic E-state index is 0.0471. The first-order valence-electron chi connectivity index (χ1n) is 11.8.